The number of phenols is 1. The highest BCUT2D eigenvalue weighted by molar-refractivity contribution is 6.31. The van der Waals surface area contributed by atoms with Crippen LogP contribution in [0.3, 0.4) is 0 Å². The van der Waals surface area contributed by atoms with Crippen LogP contribution in [-0.2, 0) is 9.53 Å². The minimum Gasteiger partial charge on any atom is -0.507 e. The van der Waals surface area contributed by atoms with E-state index in [1.54, 1.807) is 0 Å². The second kappa shape index (κ2) is 6.23. The van der Waals surface area contributed by atoms with Crippen LogP contribution in [0.5, 0.6) is 5.75 Å². The lowest BCUT2D eigenvalue weighted by Crippen LogP contribution is -2.37. The molecule has 6 nitrogen and oxygen atoms in total. The van der Waals surface area contributed by atoms with Gasteiger partial charge in [0.15, 0.2) is 6.10 Å². The topological polar surface area (TPSA) is 95.9 Å². The van der Waals surface area contributed by atoms with E-state index >= 15 is 0 Å². The van der Waals surface area contributed by atoms with Crippen LogP contribution in [0.4, 0.5) is 0 Å². The fourth-order valence-electron chi connectivity index (χ4n) is 1.24. The number of carbonyl (C=O) groups excluding carboxylic acids is 1. The summed E-state index contributed by atoms with van der Waals surface area (Å²) in [7, 11) is 1.22. The van der Waals surface area contributed by atoms with Crippen LogP contribution in [0.15, 0.2) is 18.2 Å². The number of hydrogen-bond donors (Lipinski definition) is 3. The Morgan fingerprint density at radius 1 is 1.50 bits per heavy atom. The second-order valence-corrected chi connectivity index (χ2v) is 3.87. The number of amides is 1. The van der Waals surface area contributed by atoms with Gasteiger partial charge in [0.25, 0.3) is 5.91 Å². The van der Waals surface area contributed by atoms with Crippen molar-refractivity contribution in [2.45, 2.75) is 6.10 Å². The summed E-state index contributed by atoms with van der Waals surface area (Å²) in [6.07, 6.45) is -1.14. The number of carboxylic acid groups (broad SMARTS) is 1. The molecule has 1 unspecified atom stereocenters. The van der Waals surface area contributed by atoms with E-state index in [2.05, 4.69) is 10.1 Å². The van der Waals surface area contributed by atoms with Crippen molar-refractivity contribution < 1.29 is 24.5 Å². The molecule has 1 atom stereocenters. The number of aromatic hydroxyl groups is 1. The Labute approximate surface area is 108 Å². The molecule has 1 aromatic rings. The van der Waals surface area contributed by atoms with Gasteiger partial charge in [0, 0.05) is 12.1 Å². The zero-order chi connectivity index (χ0) is 13.7. The highest BCUT2D eigenvalue weighted by Gasteiger charge is 2.19. The fraction of sp³-hybridized carbons (Fsp3) is 0.273. The van der Waals surface area contributed by atoms with Gasteiger partial charge < -0.3 is 20.3 Å². The van der Waals surface area contributed by atoms with Gasteiger partial charge in [-0.3, -0.25) is 4.79 Å². The molecule has 1 rings (SSSR count). The third-order valence-corrected chi connectivity index (χ3v) is 2.45. The van der Waals surface area contributed by atoms with Crippen molar-refractivity contribution >= 4 is 23.5 Å². The van der Waals surface area contributed by atoms with Crippen LogP contribution in [0.25, 0.3) is 0 Å². The van der Waals surface area contributed by atoms with Crippen LogP contribution in [-0.4, -0.2) is 41.8 Å². The monoisotopic (exact) mass is 273 g/mol. The summed E-state index contributed by atoms with van der Waals surface area (Å²) < 4.78 is 4.65. The minimum absolute atomic E-state index is 0.0252. The van der Waals surface area contributed by atoms with Crippen molar-refractivity contribution in [3.05, 3.63) is 28.8 Å². The normalized spacial score (nSPS) is 11.9. The first-order valence-electron chi connectivity index (χ1n) is 4.98. The van der Waals surface area contributed by atoms with E-state index in [1.807, 2.05) is 0 Å². The molecule has 0 aliphatic heterocycles. The first-order valence-corrected chi connectivity index (χ1v) is 5.35. The molecular weight excluding hydrogens is 262 g/mol. The van der Waals surface area contributed by atoms with Gasteiger partial charge in [-0.15, -0.1) is 0 Å². The zero-order valence-corrected chi connectivity index (χ0v) is 10.3. The Balaban J connectivity index is 2.71. The van der Waals surface area contributed by atoms with Gasteiger partial charge in [-0.25, -0.2) is 4.79 Å². The molecule has 1 amide bonds. The van der Waals surface area contributed by atoms with Gasteiger partial charge in [0.1, 0.15) is 5.75 Å². The van der Waals surface area contributed by atoms with Gasteiger partial charge in [-0.2, -0.15) is 0 Å². The molecule has 0 spiro atoms. The van der Waals surface area contributed by atoms with Gasteiger partial charge in [-0.05, 0) is 18.2 Å². The van der Waals surface area contributed by atoms with Gasteiger partial charge >= 0.3 is 5.97 Å². The Kier molecular flexibility index (Phi) is 4.94. The molecule has 18 heavy (non-hydrogen) atoms. The summed E-state index contributed by atoms with van der Waals surface area (Å²) >= 11 is 5.69. The van der Waals surface area contributed by atoms with Crippen LogP contribution >= 0.6 is 11.6 Å². The molecule has 0 bridgehead atoms. The van der Waals surface area contributed by atoms with Gasteiger partial charge in [0.2, 0.25) is 0 Å². The predicted octanol–water partition coefficient (Wildman–Crippen LogP) is 0.875. The first kappa shape index (κ1) is 14.3. The first-order chi connectivity index (χ1) is 8.45. The quantitative estimate of drug-likeness (QED) is 0.740. The number of nitrogens with one attached hydrogen (secondary N) is 1. The predicted molar refractivity (Wildman–Crippen MR) is 63.9 cm³/mol. The third kappa shape index (κ3) is 3.61. The summed E-state index contributed by atoms with van der Waals surface area (Å²) in [5.41, 5.74) is -0.0252. The molecule has 0 saturated heterocycles. The number of methoxy groups -OCH3 is 1. The van der Waals surface area contributed by atoms with Gasteiger partial charge in [0.05, 0.1) is 12.1 Å². The molecule has 0 aliphatic rings. The average molecular weight is 274 g/mol. The molecule has 0 radical (unpaired) electrons. The summed E-state index contributed by atoms with van der Waals surface area (Å²) in [5, 5.41) is 20.8. The second-order valence-electron chi connectivity index (χ2n) is 3.43. The zero-order valence-electron chi connectivity index (χ0n) is 9.51. The van der Waals surface area contributed by atoms with E-state index in [-0.39, 0.29) is 17.9 Å². The molecule has 0 heterocycles. The molecule has 0 fully saturated rings. The fourth-order valence-corrected chi connectivity index (χ4v) is 1.41. The van der Waals surface area contributed by atoms with Crippen molar-refractivity contribution in [3.8, 4) is 5.75 Å². The number of benzene rings is 1. The van der Waals surface area contributed by atoms with E-state index in [0.717, 1.165) is 0 Å². The summed E-state index contributed by atoms with van der Waals surface area (Å²) in [6, 6.07) is 4.00. The highest BCUT2D eigenvalue weighted by atomic mass is 35.5. The maximum atomic E-state index is 11.7. The number of ether oxygens (including phenoxy) is 1. The highest BCUT2D eigenvalue weighted by Crippen LogP contribution is 2.21. The van der Waals surface area contributed by atoms with Crippen LogP contribution in [0, 0.1) is 0 Å². The lowest BCUT2D eigenvalue weighted by molar-refractivity contribution is -0.147. The molecule has 7 heteroatoms. The molecule has 0 aromatic heterocycles. The van der Waals surface area contributed by atoms with E-state index in [9.17, 15) is 14.7 Å². The lowest BCUT2D eigenvalue weighted by Gasteiger charge is -2.12. The van der Waals surface area contributed by atoms with Crippen molar-refractivity contribution in [1.29, 1.82) is 0 Å². The van der Waals surface area contributed by atoms with Crippen LogP contribution in [0.2, 0.25) is 5.02 Å². The number of hydrogen-bond acceptors (Lipinski definition) is 4. The molecule has 3 N–H and O–H groups in total. The lowest BCUT2D eigenvalue weighted by atomic mass is 10.2. The number of aliphatic carboxylic acids is 1. The standard InChI is InChI=1S/C11H12ClNO5/c1-18-9(11(16)17)5-13-10(15)7-4-6(12)2-3-8(7)14/h2-4,9,14H,5H2,1H3,(H,13,15)(H,16,17). The van der Waals surface area contributed by atoms with E-state index in [4.69, 9.17) is 16.7 Å². The van der Waals surface area contributed by atoms with Crippen molar-refractivity contribution in [3.63, 3.8) is 0 Å². The van der Waals surface area contributed by atoms with E-state index < -0.39 is 18.0 Å². The molecule has 0 aliphatic carbocycles. The molecular formula is C11H12ClNO5. The maximum absolute atomic E-state index is 11.7. The van der Waals surface area contributed by atoms with Crippen LogP contribution in [0.1, 0.15) is 10.4 Å². The van der Waals surface area contributed by atoms with E-state index in [1.165, 1.54) is 25.3 Å². The number of rotatable bonds is 5. The molecule has 1 aromatic carbocycles. The Bertz CT molecular complexity index is 463. The van der Waals surface area contributed by atoms with Crippen LogP contribution < -0.4 is 5.32 Å². The minimum atomic E-state index is -1.19. The summed E-state index contributed by atoms with van der Waals surface area (Å²) in [5.74, 6) is -2.05. The number of carbonyl (C=O) groups is 2. The Morgan fingerprint density at radius 3 is 2.72 bits per heavy atom. The number of halogens is 1. The molecule has 98 valence electrons. The Morgan fingerprint density at radius 2 is 2.17 bits per heavy atom. The van der Waals surface area contributed by atoms with E-state index in [0.29, 0.717) is 5.02 Å². The maximum Gasteiger partial charge on any atom is 0.334 e. The smallest absolute Gasteiger partial charge is 0.334 e. The number of carboxylic acids is 1. The van der Waals surface area contributed by atoms with Crippen molar-refractivity contribution in [2.24, 2.45) is 0 Å². The average Bonchev–Trinajstić information content (AvgIpc) is 2.32. The third-order valence-electron chi connectivity index (χ3n) is 2.21. The largest absolute Gasteiger partial charge is 0.507 e. The summed E-state index contributed by atoms with van der Waals surface area (Å²) in [4.78, 5) is 22.3. The SMILES string of the molecule is COC(CNC(=O)c1cc(Cl)ccc1O)C(=O)O. The number of phenolic OH excluding ortho intramolecular Hbond substituents is 1. The molecule has 0 saturated carbocycles. The van der Waals surface area contributed by atoms with Crippen molar-refractivity contribution in [2.75, 3.05) is 13.7 Å². The van der Waals surface area contributed by atoms with Gasteiger partial charge in [-0.1, -0.05) is 11.6 Å². The summed E-state index contributed by atoms with van der Waals surface area (Å²) in [6.45, 7) is -0.212. The Hall–Kier alpha value is -1.79. The van der Waals surface area contributed by atoms with Crippen molar-refractivity contribution in [1.82, 2.24) is 5.32 Å².